The summed E-state index contributed by atoms with van der Waals surface area (Å²) in [5, 5.41) is 3.16. The number of methoxy groups -OCH3 is 1. The van der Waals surface area contributed by atoms with Gasteiger partial charge in [0.25, 0.3) is 0 Å². The van der Waals surface area contributed by atoms with Crippen LogP contribution in [0.4, 0.5) is 4.39 Å². The van der Waals surface area contributed by atoms with Crippen LogP contribution in [-0.4, -0.2) is 24.1 Å². The third-order valence-corrected chi connectivity index (χ3v) is 3.65. The Morgan fingerprint density at radius 1 is 1.32 bits per heavy atom. The van der Waals surface area contributed by atoms with Gasteiger partial charge in [-0.2, -0.15) is 0 Å². The Hall–Kier alpha value is -1.28. The molecule has 0 aliphatic carbocycles. The summed E-state index contributed by atoms with van der Waals surface area (Å²) >= 11 is 2.11. The first kappa shape index (κ1) is 14.1. The van der Waals surface area contributed by atoms with Crippen molar-refractivity contribution in [1.82, 2.24) is 15.3 Å². The fraction of sp³-hybridized carbons (Fsp3) is 0.231. The summed E-state index contributed by atoms with van der Waals surface area (Å²) in [5.41, 5.74) is 1.61. The summed E-state index contributed by atoms with van der Waals surface area (Å²) in [6.07, 6.45) is 3.18. The van der Waals surface area contributed by atoms with Gasteiger partial charge in [-0.15, -0.1) is 0 Å². The second kappa shape index (κ2) is 6.25. The number of nitrogens with zero attached hydrogens (tertiary/aromatic N) is 2. The maximum atomic E-state index is 13.2. The smallest absolute Gasteiger partial charge is 0.237 e. The Balaban J connectivity index is 2.50. The molecule has 1 N–H and O–H groups in total. The van der Waals surface area contributed by atoms with Crippen molar-refractivity contribution in [3.05, 3.63) is 51.2 Å². The van der Waals surface area contributed by atoms with Crippen molar-refractivity contribution in [2.24, 2.45) is 0 Å². The second-order valence-corrected chi connectivity index (χ2v) is 5.00. The highest BCUT2D eigenvalue weighted by molar-refractivity contribution is 14.1. The van der Waals surface area contributed by atoms with Gasteiger partial charge < -0.3 is 10.1 Å². The van der Waals surface area contributed by atoms with E-state index in [-0.39, 0.29) is 11.9 Å². The van der Waals surface area contributed by atoms with Gasteiger partial charge in [-0.1, -0.05) is 6.07 Å². The fourth-order valence-corrected chi connectivity index (χ4v) is 2.66. The molecule has 4 nitrogen and oxygen atoms in total. The molecule has 0 radical (unpaired) electrons. The van der Waals surface area contributed by atoms with Gasteiger partial charge in [0.1, 0.15) is 11.5 Å². The first-order valence-corrected chi connectivity index (χ1v) is 6.72. The van der Waals surface area contributed by atoms with Crippen LogP contribution in [0.1, 0.15) is 17.3 Å². The molecule has 1 aromatic carbocycles. The summed E-state index contributed by atoms with van der Waals surface area (Å²) in [6, 6.07) is 4.47. The molecule has 2 rings (SSSR count). The molecule has 1 heterocycles. The minimum atomic E-state index is -0.255. The Labute approximate surface area is 124 Å². The Kier molecular flexibility index (Phi) is 4.65. The lowest BCUT2D eigenvalue weighted by molar-refractivity contribution is 0.384. The van der Waals surface area contributed by atoms with Crippen molar-refractivity contribution in [3.8, 4) is 5.88 Å². The zero-order valence-corrected chi connectivity index (χ0v) is 12.7. The number of hydrogen-bond donors (Lipinski definition) is 1. The fourth-order valence-electron chi connectivity index (χ4n) is 1.87. The number of aromatic nitrogens is 2. The van der Waals surface area contributed by atoms with Crippen LogP contribution < -0.4 is 10.1 Å². The van der Waals surface area contributed by atoms with Gasteiger partial charge in [0.2, 0.25) is 5.88 Å². The lowest BCUT2D eigenvalue weighted by atomic mass is 10.0. The molecular weight excluding hydrogens is 360 g/mol. The quantitative estimate of drug-likeness (QED) is 0.837. The molecule has 0 spiro atoms. The lowest BCUT2D eigenvalue weighted by Gasteiger charge is -2.19. The molecular formula is C13H13FIN3O. The van der Waals surface area contributed by atoms with Crippen molar-refractivity contribution in [2.75, 3.05) is 14.2 Å². The van der Waals surface area contributed by atoms with Crippen LogP contribution in [0.5, 0.6) is 5.88 Å². The zero-order chi connectivity index (χ0) is 13.8. The topological polar surface area (TPSA) is 47.0 Å². The normalized spacial score (nSPS) is 12.2. The van der Waals surface area contributed by atoms with Crippen LogP contribution in [-0.2, 0) is 0 Å². The largest absolute Gasteiger partial charge is 0.480 e. The summed E-state index contributed by atoms with van der Waals surface area (Å²) in [6.45, 7) is 0. The number of rotatable bonds is 4. The molecule has 0 bridgehead atoms. The van der Waals surface area contributed by atoms with Crippen molar-refractivity contribution in [1.29, 1.82) is 0 Å². The van der Waals surface area contributed by atoms with Crippen LogP contribution in [0.25, 0.3) is 0 Å². The van der Waals surface area contributed by atoms with Gasteiger partial charge in [-0.25, -0.2) is 9.37 Å². The average molecular weight is 373 g/mol. The molecule has 1 aromatic heterocycles. The lowest BCUT2D eigenvalue weighted by Crippen LogP contribution is -2.21. The first-order chi connectivity index (χ1) is 9.17. The molecule has 1 atom stereocenters. The van der Waals surface area contributed by atoms with E-state index in [9.17, 15) is 4.39 Å². The monoisotopic (exact) mass is 373 g/mol. The number of ether oxygens (including phenoxy) is 1. The van der Waals surface area contributed by atoms with Gasteiger partial charge in [0.15, 0.2) is 0 Å². The van der Waals surface area contributed by atoms with E-state index in [1.54, 1.807) is 25.6 Å². The number of hydrogen-bond acceptors (Lipinski definition) is 4. The highest BCUT2D eigenvalue weighted by Gasteiger charge is 2.21. The van der Waals surface area contributed by atoms with E-state index in [1.807, 2.05) is 7.05 Å². The summed E-state index contributed by atoms with van der Waals surface area (Å²) in [5.74, 6) is 0.205. The molecule has 100 valence electrons. The van der Waals surface area contributed by atoms with Gasteiger partial charge in [0, 0.05) is 16.0 Å². The minimum absolute atomic E-state index is 0.198. The first-order valence-electron chi connectivity index (χ1n) is 5.64. The van der Waals surface area contributed by atoms with Gasteiger partial charge >= 0.3 is 0 Å². The molecule has 0 saturated carbocycles. The standard InChI is InChI=1S/C13H13FIN3O/c1-16-11(9-4-3-8(14)7-10(9)15)12-13(19-2)18-6-5-17-12/h3-7,11,16H,1-2H3. The number of halogens is 2. The van der Waals surface area contributed by atoms with Gasteiger partial charge in [-0.05, 0) is 47.3 Å². The van der Waals surface area contributed by atoms with Crippen molar-refractivity contribution in [3.63, 3.8) is 0 Å². The van der Waals surface area contributed by atoms with Crippen LogP contribution in [0, 0.1) is 9.39 Å². The van der Waals surface area contributed by atoms with Crippen LogP contribution in [0.2, 0.25) is 0 Å². The van der Waals surface area contributed by atoms with E-state index < -0.39 is 0 Å². The van der Waals surface area contributed by atoms with E-state index in [0.717, 1.165) is 9.13 Å². The van der Waals surface area contributed by atoms with Crippen LogP contribution in [0.3, 0.4) is 0 Å². The average Bonchev–Trinajstić information content (AvgIpc) is 2.42. The molecule has 0 amide bonds. The third-order valence-electron chi connectivity index (χ3n) is 2.72. The number of benzene rings is 1. The molecule has 2 aromatic rings. The highest BCUT2D eigenvalue weighted by Crippen LogP contribution is 2.29. The summed E-state index contributed by atoms with van der Waals surface area (Å²) < 4.78 is 19.2. The van der Waals surface area contributed by atoms with E-state index in [0.29, 0.717) is 11.6 Å². The van der Waals surface area contributed by atoms with Crippen molar-refractivity contribution < 1.29 is 9.13 Å². The summed E-state index contributed by atoms with van der Waals surface area (Å²) in [7, 11) is 3.37. The van der Waals surface area contributed by atoms with Gasteiger partial charge in [-0.3, -0.25) is 4.98 Å². The van der Waals surface area contributed by atoms with Gasteiger partial charge in [0.05, 0.1) is 13.2 Å². The summed E-state index contributed by atoms with van der Waals surface area (Å²) in [4.78, 5) is 8.45. The molecule has 0 fully saturated rings. The predicted molar refractivity (Wildman–Crippen MR) is 78.6 cm³/mol. The third kappa shape index (κ3) is 3.01. The molecule has 1 unspecified atom stereocenters. The Bertz CT molecular complexity index is 580. The van der Waals surface area contributed by atoms with E-state index in [4.69, 9.17) is 4.74 Å². The minimum Gasteiger partial charge on any atom is -0.480 e. The molecule has 19 heavy (non-hydrogen) atoms. The Morgan fingerprint density at radius 2 is 2.05 bits per heavy atom. The van der Waals surface area contributed by atoms with Crippen LogP contribution in [0.15, 0.2) is 30.6 Å². The molecule has 0 aliphatic heterocycles. The Morgan fingerprint density at radius 3 is 2.68 bits per heavy atom. The van der Waals surface area contributed by atoms with E-state index in [1.165, 1.54) is 12.1 Å². The highest BCUT2D eigenvalue weighted by atomic mass is 127. The second-order valence-electron chi connectivity index (χ2n) is 3.84. The maximum absolute atomic E-state index is 13.2. The van der Waals surface area contributed by atoms with E-state index >= 15 is 0 Å². The maximum Gasteiger partial charge on any atom is 0.237 e. The van der Waals surface area contributed by atoms with Crippen molar-refractivity contribution in [2.45, 2.75) is 6.04 Å². The SMILES string of the molecule is CNC(c1ccc(F)cc1I)c1nccnc1OC. The van der Waals surface area contributed by atoms with Crippen molar-refractivity contribution >= 4 is 22.6 Å². The number of nitrogens with one attached hydrogen (secondary N) is 1. The van der Waals surface area contributed by atoms with Crippen LogP contribution >= 0.6 is 22.6 Å². The zero-order valence-electron chi connectivity index (χ0n) is 10.5. The van der Waals surface area contributed by atoms with E-state index in [2.05, 4.69) is 37.9 Å². The predicted octanol–water partition coefficient (Wildman–Crippen LogP) is 2.54. The molecule has 0 aliphatic rings. The molecule has 0 saturated heterocycles. The molecule has 6 heteroatoms.